The van der Waals surface area contributed by atoms with Crippen molar-refractivity contribution < 1.29 is 13.2 Å². The van der Waals surface area contributed by atoms with Gasteiger partial charge in [0.25, 0.3) is 0 Å². The number of aryl methyl sites for hydroxylation is 1. The number of fused-ring (bicyclic) bond motifs is 1. The highest BCUT2D eigenvalue weighted by Crippen LogP contribution is 2.25. The van der Waals surface area contributed by atoms with Crippen molar-refractivity contribution in [2.45, 2.75) is 32.9 Å². The van der Waals surface area contributed by atoms with Crippen LogP contribution in [0.5, 0.6) is 0 Å². The Morgan fingerprint density at radius 1 is 1.22 bits per heavy atom. The zero-order valence-electron chi connectivity index (χ0n) is 14.0. The van der Waals surface area contributed by atoms with Gasteiger partial charge >= 0.3 is 0 Å². The molecule has 0 atom stereocenters. The lowest BCUT2D eigenvalue weighted by Crippen LogP contribution is -2.38. The minimum atomic E-state index is -3.15. The Balaban J connectivity index is 1.80. The first-order valence-corrected chi connectivity index (χ1v) is 9.93. The van der Waals surface area contributed by atoms with Crippen LogP contribution in [0, 0.1) is 0 Å². The van der Waals surface area contributed by atoms with E-state index in [0.717, 1.165) is 50.5 Å². The second-order valence-electron chi connectivity index (χ2n) is 6.28. The fourth-order valence-electron chi connectivity index (χ4n) is 3.37. The molecule has 0 spiro atoms. The molecule has 0 radical (unpaired) electrons. The molecule has 2 aliphatic rings. The van der Waals surface area contributed by atoms with Crippen LogP contribution < -0.4 is 0 Å². The molecular formula is C15H26N4O3S. The highest BCUT2D eigenvalue weighted by atomic mass is 32.2. The van der Waals surface area contributed by atoms with Gasteiger partial charge in [-0.05, 0) is 6.42 Å². The van der Waals surface area contributed by atoms with E-state index in [0.29, 0.717) is 19.5 Å². The monoisotopic (exact) mass is 342 g/mol. The summed E-state index contributed by atoms with van der Waals surface area (Å²) in [5.74, 6) is 0.224. The molecule has 3 rings (SSSR count). The van der Waals surface area contributed by atoms with Crippen molar-refractivity contribution in [3.05, 3.63) is 17.0 Å². The van der Waals surface area contributed by atoms with Gasteiger partial charge in [-0.2, -0.15) is 9.40 Å². The molecule has 0 aromatic carbocycles. The fourth-order valence-corrected chi connectivity index (χ4v) is 4.84. The van der Waals surface area contributed by atoms with Gasteiger partial charge in [-0.1, -0.05) is 6.92 Å². The molecule has 7 nitrogen and oxygen atoms in total. The van der Waals surface area contributed by atoms with E-state index in [9.17, 15) is 8.42 Å². The number of hydrogen-bond donors (Lipinski definition) is 0. The minimum absolute atomic E-state index is 0.224. The normalized spacial score (nSPS) is 20.6. The minimum Gasteiger partial charge on any atom is -0.379 e. The molecule has 1 aromatic rings. The average molecular weight is 342 g/mol. The van der Waals surface area contributed by atoms with Crippen LogP contribution in [-0.2, 0) is 41.3 Å². The topological polar surface area (TPSA) is 67.7 Å². The van der Waals surface area contributed by atoms with E-state index in [1.807, 2.05) is 18.7 Å². The van der Waals surface area contributed by atoms with Gasteiger partial charge in [-0.15, -0.1) is 0 Å². The number of ether oxygens (including phenoxy) is 1. The summed E-state index contributed by atoms with van der Waals surface area (Å²) in [6.07, 6.45) is 1.39. The maximum absolute atomic E-state index is 12.4. The molecule has 0 bridgehead atoms. The molecule has 0 amide bonds. The van der Waals surface area contributed by atoms with E-state index >= 15 is 0 Å². The molecule has 0 saturated carbocycles. The van der Waals surface area contributed by atoms with E-state index in [-0.39, 0.29) is 5.75 Å². The molecule has 1 aromatic heterocycles. The summed E-state index contributed by atoms with van der Waals surface area (Å²) in [5, 5.41) is 4.66. The fraction of sp³-hybridized carbons (Fsp3) is 0.800. The molecule has 0 aliphatic carbocycles. The van der Waals surface area contributed by atoms with Gasteiger partial charge in [-0.3, -0.25) is 9.58 Å². The molecule has 2 aliphatic heterocycles. The van der Waals surface area contributed by atoms with Crippen molar-refractivity contribution in [1.29, 1.82) is 0 Å². The molecule has 1 fully saturated rings. The van der Waals surface area contributed by atoms with Gasteiger partial charge in [0.2, 0.25) is 10.0 Å². The first-order valence-electron chi connectivity index (χ1n) is 8.33. The lowest BCUT2D eigenvalue weighted by atomic mass is 10.1. The maximum Gasteiger partial charge on any atom is 0.214 e. The predicted molar refractivity (Wildman–Crippen MR) is 87.5 cm³/mol. The summed E-state index contributed by atoms with van der Waals surface area (Å²) >= 11 is 0. The van der Waals surface area contributed by atoms with Gasteiger partial charge in [0.1, 0.15) is 0 Å². The quantitative estimate of drug-likeness (QED) is 0.772. The van der Waals surface area contributed by atoms with Gasteiger partial charge in [0, 0.05) is 57.4 Å². The molecular weight excluding hydrogens is 316 g/mol. The molecule has 0 N–H and O–H groups in total. The van der Waals surface area contributed by atoms with Crippen LogP contribution in [0.4, 0.5) is 0 Å². The summed E-state index contributed by atoms with van der Waals surface area (Å²) in [4.78, 5) is 2.33. The molecule has 3 heterocycles. The van der Waals surface area contributed by atoms with Crippen LogP contribution in [0.2, 0.25) is 0 Å². The zero-order chi connectivity index (χ0) is 16.4. The number of morpholine rings is 1. The smallest absolute Gasteiger partial charge is 0.214 e. The molecule has 8 heteroatoms. The Kier molecular flexibility index (Phi) is 5.05. The number of aromatic nitrogens is 2. The zero-order valence-corrected chi connectivity index (χ0v) is 14.8. The van der Waals surface area contributed by atoms with Crippen LogP contribution in [-0.4, -0.2) is 66.0 Å². The molecule has 0 unspecified atom stereocenters. The summed E-state index contributed by atoms with van der Waals surface area (Å²) in [5.41, 5.74) is 3.29. The second-order valence-corrected chi connectivity index (χ2v) is 8.37. The van der Waals surface area contributed by atoms with Crippen molar-refractivity contribution in [2.75, 3.05) is 38.6 Å². The number of sulfonamides is 1. The highest BCUT2D eigenvalue weighted by Gasteiger charge is 2.30. The number of nitrogens with zero attached hydrogens (tertiary/aromatic N) is 4. The summed E-state index contributed by atoms with van der Waals surface area (Å²) < 4.78 is 33.7. The Hall–Kier alpha value is -0.960. The van der Waals surface area contributed by atoms with Crippen molar-refractivity contribution in [3.63, 3.8) is 0 Å². The van der Waals surface area contributed by atoms with Gasteiger partial charge in [0.15, 0.2) is 0 Å². The summed E-state index contributed by atoms with van der Waals surface area (Å²) in [6, 6.07) is 0. The SMILES string of the molecule is CCCS(=O)(=O)N1CCc2c(c(CN3CCOCC3)nn2C)C1. The Morgan fingerprint density at radius 3 is 2.65 bits per heavy atom. The molecule has 130 valence electrons. The second kappa shape index (κ2) is 6.88. The largest absolute Gasteiger partial charge is 0.379 e. The Morgan fingerprint density at radius 2 is 1.96 bits per heavy atom. The summed E-state index contributed by atoms with van der Waals surface area (Å²) in [6.45, 7) is 7.02. The number of hydrogen-bond acceptors (Lipinski definition) is 5. The van der Waals surface area contributed by atoms with Crippen LogP contribution in [0.25, 0.3) is 0 Å². The highest BCUT2D eigenvalue weighted by molar-refractivity contribution is 7.89. The third kappa shape index (κ3) is 3.60. The average Bonchev–Trinajstić information content (AvgIpc) is 2.84. The van der Waals surface area contributed by atoms with Crippen molar-refractivity contribution in [1.82, 2.24) is 19.0 Å². The first-order chi connectivity index (χ1) is 11.0. The predicted octanol–water partition coefficient (Wildman–Crippen LogP) is 0.350. The van der Waals surface area contributed by atoms with E-state index in [1.165, 1.54) is 5.69 Å². The number of rotatable bonds is 5. The van der Waals surface area contributed by atoms with Crippen LogP contribution in [0.1, 0.15) is 30.3 Å². The van der Waals surface area contributed by atoms with Crippen LogP contribution >= 0.6 is 0 Å². The molecule has 23 heavy (non-hydrogen) atoms. The maximum atomic E-state index is 12.4. The van der Waals surface area contributed by atoms with Gasteiger partial charge in [-0.25, -0.2) is 8.42 Å². The molecule has 1 saturated heterocycles. The first kappa shape index (κ1) is 16.9. The third-order valence-electron chi connectivity index (χ3n) is 4.62. The lowest BCUT2D eigenvalue weighted by Gasteiger charge is -2.28. The Labute approximate surface area is 138 Å². The van der Waals surface area contributed by atoms with E-state index in [4.69, 9.17) is 4.74 Å². The standard InChI is InChI=1S/C15H26N4O3S/c1-3-10-23(20,21)19-5-4-15-13(11-19)14(16-17(15)2)12-18-6-8-22-9-7-18/h3-12H2,1-2H3. The van der Waals surface area contributed by atoms with E-state index in [1.54, 1.807) is 4.31 Å². The van der Waals surface area contributed by atoms with Crippen LogP contribution in [0.3, 0.4) is 0 Å². The lowest BCUT2D eigenvalue weighted by molar-refractivity contribution is 0.0334. The van der Waals surface area contributed by atoms with E-state index < -0.39 is 10.0 Å². The van der Waals surface area contributed by atoms with Gasteiger partial charge < -0.3 is 4.74 Å². The van der Waals surface area contributed by atoms with Crippen molar-refractivity contribution in [3.8, 4) is 0 Å². The third-order valence-corrected chi connectivity index (χ3v) is 6.65. The van der Waals surface area contributed by atoms with Crippen LogP contribution in [0.15, 0.2) is 0 Å². The summed E-state index contributed by atoms with van der Waals surface area (Å²) in [7, 11) is -1.20. The Bertz CT molecular complexity index is 650. The van der Waals surface area contributed by atoms with Crippen molar-refractivity contribution >= 4 is 10.0 Å². The van der Waals surface area contributed by atoms with Crippen molar-refractivity contribution in [2.24, 2.45) is 7.05 Å². The van der Waals surface area contributed by atoms with Gasteiger partial charge in [0.05, 0.1) is 24.7 Å². The van der Waals surface area contributed by atoms with E-state index in [2.05, 4.69) is 10.00 Å².